The Labute approximate surface area is 150 Å². The highest BCUT2D eigenvalue weighted by molar-refractivity contribution is 8.14. The summed E-state index contributed by atoms with van der Waals surface area (Å²) in [4.78, 5) is 0. The van der Waals surface area contributed by atoms with Crippen LogP contribution in [0.5, 0.6) is 0 Å². The van der Waals surface area contributed by atoms with Gasteiger partial charge in [0.2, 0.25) is 0 Å². The molecule has 0 saturated carbocycles. The van der Waals surface area contributed by atoms with Gasteiger partial charge in [0.05, 0.1) is 6.61 Å². The van der Waals surface area contributed by atoms with Crippen molar-refractivity contribution >= 4 is 27.2 Å². The van der Waals surface area contributed by atoms with E-state index >= 15 is 0 Å². The van der Waals surface area contributed by atoms with E-state index in [-0.39, 0.29) is 11.0 Å². The van der Waals surface area contributed by atoms with Gasteiger partial charge in [-0.1, -0.05) is 37.2 Å². The van der Waals surface area contributed by atoms with E-state index in [1.54, 1.807) is 0 Å². The number of aliphatic hydroxyl groups excluding tert-OH is 4. The Kier molecular flexibility index (Phi) is 9.04. The van der Waals surface area contributed by atoms with Crippen LogP contribution in [0.15, 0.2) is 5.16 Å². The molecular weight excluding hydrogens is 378 g/mol. The molecule has 0 aliphatic carbocycles. The Morgan fingerprint density at radius 2 is 1.88 bits per heavy atom. The summed E-state index contributed by atoms with van der Waals surface area (Å²) in [5, 5.41) is 42.5. The fraction of sp³-hybridized carbons (Fsp3) is 0.923. The molecule has 0 amide bonds. The molecule has 0 spiro atoms. The second-order valence-electron chi connectivity index (χ2n) is 5.64. The first-order valence-electron chi connectivity index (χ1n) is 7.85. The van der Waals surface area contributed by atoms with Crippen LogP contribution in [0.2, 0.25) is 0 Å². The summed E-state index contributed by atoms with van der Waals surface area (Å²) in [5.41, 5.74) is -1.12. The summed E-state index contributed by atoms with van der Waals surface area (Å²) < 4.78 is 39.7. The van der Waals surface area contributed by atoms with E-state index in [0.717, 1.165) is 18.2 Å². The average molecular weight is 403 g/mol. The van der Waals surface area contributed by atoms with Gasteiger partial charge in [-0.05, 0) is 12.8 Å². The third-order valence-corrected chi connectivity index (χ3v) is 5.32. The van der Waals surface area contributed by atoms with Crippen LogP contribution in [0.1, 0.15) is 33.1 Å². The lowest BCUT2D eigenvalue weighted by molar-refractivity contribution is -0.205. The molecule has 10 nitrogen and oxygen atoms in total. The lowest BCUT2D eigenvalue weighted by Gasteiger charge is -2.39. The maximum absolute atomic E-state index is 10.8. The molecule has 0 aromatic rings. The van der Waals surface area contributed by atoms with E-state index in [4.69, 9.17) is 9.29 Å². The van der Waals surface area contributed by atoms with Crippen molar-refractivity contribution in [2.45, 2.75) is 63.0 Å². The first-order chi connectivity index (χ1) is 11.6. The van der Waals surface area contributed by atoms with Crippen molar-refractivity contribution in [3.05, 3.63) is 0 Å². The van der Waals surface area contributed by atoms with Gasteiger partial charge in [-0.25, -0.2) is 4.28 Å². The largest absolute Gasteiger partial charge is 0.466 e. The highest BCUT2D eigenvalue weighted by Crippen LogP contribution is 2.33. The van der Waals surface area contributed by atoms with E-state index in [1.165, 1.54) is 0 Å². The van der Waals surface area contributed by atoms with Crippen LogP contribution < -0.4 is 0 Å². The normalized spacial score (nSPS) is 32.4. The summed E-state index contributed by atoms with van der Waals surface area (Å²) >= 11 is 0.807. The Balaban J connectivity index is 3.02. The summed E-state index contributed by atoms with van der Waals surface area (Å²) in [6.07, 6.45) is -3.68. The zero-order valence-electron chi connectivity index (χ0n) is 13.9. The lowest BCUT2D eigenvalue weighted by Crippen LogP contribution is -2.57. The molecule has 12 heteroatoms. The number of oxime groups is 1. The first kappa shape index (κ1) is 22.6. The highest BCUT2D eigenvalue weighted by atomic mass is 32.3. The highest BCUT2D eigenvalue weighted by Gasteiger charge is 2.44. The quantitative estimate of drug-likeness (QED) is 0.154. The molecule has 1 aliphatic heterocycles. The standard InChI is InChI=1S/C13H25NO9S2/c1-3-5-7(4-2)12(14-23-25(19,20)21)24-13-11(18)10(17)9(16)8(6-15)22-13/h7-11,13,15-18H,3-6H2,1-2H3,(H,19,20,21)/b14-12+/t7-,8-,9-,10+,11-,13+/m1/s1. The second-order valence-corrected chi connectivity index (χ2v) is 7.76. The van der Waals surface area contributed by atoms with Gasteiger partial charge >= 0.3 is 10.4 Å². The van der Waals surface area contributed by atoms with Crippen LogP contribution in [0.3, 0.4) is 0 Å². The third-order valence-electron chi connectivity index (χ3n) is 3.79. The fourth-order valence-corrected chi connectivity index (χ4v) is 3.93. The lowest BCUT2D eigenvalue weighted by atomic mass is 10.0. The first-order valence-corrected chi connectivity index (χ1v) is 10.1. The molecule has 6 atom stereocenters. The number of thioether (sulfide) groups is 1. The van der Waals surface area contributed by atoms with Crippen molar-refractivity contribution in [2.75, 3.05) is 6.61 Å². The van der Waals surface area contributed by atoms with Gasteiger partial charge in [-0.3, -0.25) is 4.55 Å². The monoisotopic (exact) mass is 403 g/mol. The second kappa shape index (κ2) is 10.0. The van der Waals surface area contributed by atoms with E-state index in [0.29, 0.717) is 12.8 Å². The molecule has 0 radical (unpaired) electrons. The topological polar surface area (TPSA) is 166 Å². The Bertz CT molecular complexity index is 540. The zero-order valence-corrected chi connectivity index (χ0v) is 15.6. The van der Waals surface area contributed by atoms with E-state index in [2.05, 4.69) is 9.44 Å². The Morgan fingerprint density at radius 1 is 1.24 bits per heavy atom. The zero-order chi connectivity index (χ0) is 19.2. The molecule has 0 aromatic heterocycles. The van der Waals surface area contributed by atoms with Crippen molar-refractivity contribution in [2.24, 2.45) is 11.1 Å². The predicted octanol–water partition coefficient (Wildman–Crippen LogP) is -0.521. The van der Waals surface area contributed by atoms with E-state index in [9.17, 15) is 28.8 Å². The number of aliphatic hydroxyl groups is 4. The molecule has 148 valence electrons. The minimum atomic E-state index is -4.80. The molecule has 1 aliphatic rings. The Hall–Kier alpha value is -0.470. The predicted molar refractivity (Wildman–Crippen MR) is 90.1 cm³/mol. The van der Waals surface area contributed by atoms with Crippen molar-refractivity contribution in [1.82, 2.24) is 0 Å². The van der Waals surface area contributed by atoms with Crippen molar-refractivity contribution in [3.8, 4) is 0 Å². The maximum Gasteiger partial charge on any atom is 0.466 e. The summed E-state index contributed by atoms with van der Waals surface area (Å²) in [6, 6.07) is 0. The van der Waals surface area contributed by atoms with Gasteiger partial charge in [0, 0.05) is 5.92 Å². The van der Waals surface area contributed by atoms with Crippen molar-refractivity contribution < 1.29 is 42.4 Å². The van der Waals surface area contributed by atoms with Gasteiger partial charge in [0.25, 0.3) is 0 Å². The number of hydrogen-bond acceptors (Lipinski definition) is 10. The molecule has 1 saturated heterocycles. The molecule has 1 fully saturated rings. The van der Waals surface area contributed by atoms with Crippen LogP contribution in [0.25, 0.3) is 0 Å². The Morgan fingerprint density at radius 3 is 2.36 bits per heavy atom. The number of rotatable bonds is 8. The van der Waals surface area contributed by atoms with Crippen molar-refractivity contribution in [1.29, 1.82) is 0 Å². The average Bonchev–Trinajstić information content (AvgIpc) is 2.55. The van der Waals surface area contributed by atoms with Gasteiger partial charge in [-0.2, -0.15) is 8.42 Å². The summed E-state index contributed by atoms with van der Waals surface area (Å²) in [7, 11) is -4.80. The SMILES string of the molecule is CCC[C@@H](CC)/C(=N\OS(=O)(=O)O)S[C@@H]1O[C@H](CO)[C@@H](O)[C@H](O)[C@H]1O. The molecule has 0 bridgehead atoms. The smallest absolute Gasteiger partial charge is 0.394 e. The summed E-state index contributed by atoms with van der Waals surface area (Å²) in [5.74, 6) is -0.232. The van der Waals surface area contributed by atoms with Crippen LogP contribution in [-0.4, -0.2) is 74.9 Å². The van der Waals surface area contributed by atoms with Gasteiger partial charge in [0.15, 0.2) is 0 Å². The molecule has 1 rings (SSSR count). The number of ether oxygens (including phenoxy) is 1. The molecule has 1 heterocycles. The van der Waals surface area contributed by atoms with Gasteiger partial charge < -0.3 is 25.2 Å². The number of nitrogens with zero attached hydrogens (tertiary/aromatic N) is 1. The van der Waals surface area contributed by atoms with Crippen LogP contribution >= 0.6 is 11.8 Å². The van der Waals surface area contributed by atoms with E-state index in [1.807, 2.05) is 13.8 Å². The molecule has 25 heavy (non-hydrogen) atoms. The van der Waals surface area contributed by atoms with Crippen LogP contribution in [-0.2, 0) is 19.4 Å². The molecule has 0 aromatic carbocycles. The number of hydrogen-bond donors (Lipinski definition) is 5. The van der Waals surface area contributed by atoms with Crippen LogP contribution in [0, 0.1) is 5.92 Å². The minimum Gasteiger partial charge on any atom is -0.394 e. The maximum atomic E-state index is 10.8. The molecule has 5 N–H and O–H groups in total. The van der Waals surface area contributed by atoms with E-state index < -0.39 is 46.9 Å². The van der Waals surface area contributed by atoms with Gasteiger partial charge in [0.1, 0.15) is 34.9 Å². The van der Waals surface area contributed by atoms with Crippen molar-refractivity contribution in [3.63, 3.8) is 0 Å². The molecular formula is C13H25NO9S2. The van der Waals surface area contributed by atoms with Gasteiger partial charge in [-0.15, -0.1) is 0 Å². The fourth-order valence-electron chi connectivity index (χ4n) is 2.41. The summed E-state index contributed by atoms with van der Waals surface area (Å²) in [6.45, 7) is 3.18. The minimum absolute atomic E-state index is 0.145. The van der Waals surface area contributed by atoms with Crippen LogP contribution in [0.4, 0.5) is 0 Å². The third kappa shape index (κ3) is 6.64. The molecule has 0 unspecified atom stereocenters.